The largest absolute Gasteiger partial charge is 0.311 e. The van der Waals surface area contributed by atoms with Crippen molar-refractivity contribution in [2.75, 3.05) is 35.8 Å². The molecule has 0 bridgehead atoms. The SMILES string of the molecule is Cc1cccc(N(C)C(=O)c2cc(C(=O)N(C)c3cccc(C)c3)cc(C(=O)N(C)c3cccc(C)c3)c2)c1. The first kappa shape index (κ1) is 27.3. The number of hydrogen-bond donors (Lipinski definition) is 0. The fourth-order valence-corrected chi connectivity index (χ4v) is 4.44. The van der Waals surface area contributed by atoms with E-state index in [0.29, 0.717) is 0 Å². The maximum Gasteiger partial charge on any atom is 0.258 e. The summed E-state index contributed by atoms with van der Waals surface area (Å²) in [5.41, 5.74) is 5.98. The van der Waals surface area contributed by atoms with Gasteiger partial charge in [0, 0.05) is 54.9 Å². The van der Waals surface area contributed by atoms with Crippen LogP contribution in [0.5, 0.6) is 0 Å². The Morgan fingerprint density at radius 3 is 0.923 bits per heavy atom. The Bertz CT molecular complexity index is 1360. The quantitative estimate of drug-likeness (QED) is 0.294. The lowest BCUT2D eigenvalue weighted by molar-refractivity contribution is 0.0992. The molecule has 0 aliphatic rings. The lowest BCUT2D eigenvalue weighted by Crippen LogP contribution is -2.31. The predicted octanol–water partition coefficient (Wildman–Crippen LogP) is 6.44. The number of amides is 3. The highest BCUT2D eigenvalue weighted by atomic mass is 16.2. The average Bonchev–Trinajstić information content (AvgIpc) is 2.94. The molecule has 6 nitrogen and oxygen atoms in total. The first-order valence-corrected chi connectivity index (χ1v) is 12.7. The first-order valence-electron chi connectivity index (χ1n) is 12.7. The van der Waals surface area contributed by atoms with Crippen LogP contribution in [0.4, 0.5) is 17.1 Å². The number of aryl methyl sites for hydroxylation is 3. The van der Waals surface area contributed by atoms with E-state index in [-0.39, 0.29) is 34.4 Å². The van der Waals surface area contributed by atoms with Crippen LogP contribution >= 0.6 is 0 Å². The second kappa shape index (κ2) is 11.4. The molecule has 4 aromatic rings. The highest BCUT2D eigenvalue weighted by Gasteiger charge is 2.23. The Balaban J connectivity index is 1.77. The van der Waals surface area contributed by atoms with Crippen LogP contribution < -0.4 is 14.7 Å². The van der Waals surface area contributed by atoms with E-state index in [1.54, 1.807) is 39.3 Å². The fraction of sp³-hybridized carbons (Fsp3) is 0.182. The van der Waals surface area contributed by atoms with E-state index >= 15 is 0 Å². The molecule has 0 radical (unpaired) electrons. The molecule has 3 amide bonds. The Morgan fingerprint density at radius 1 is 0.436 bits per heavy atom. The van der Waals surface area contributed by atoms with E-state index in [1.807, 2.05) is 93.6 Å². The van der Waals surface area contributed by atoms with Crippen molar-refractivity contribution in [3.8, 4) is 0 Å². The minimum absolute atomic E-state index is 0.253. The Kier molecular flexibility index (Phi) is 7.96. The van der Waals surface area contributed by atoms with Gasteiger partial charge in [0.15, 0.2) is 0 Å². The van der Waals surface area contributed by atoms with Gasteiger partial charge in [-0.1, -0.05) is 36.4 Å². The number of anilines is 3. The molecule has 198 valence electrons. The molecule has 6 heteroatoms. The van der Waals surface area contributed by atoms with Crippen LogP contribution in [0.3, 0.4) is 0 Å². The van der Waals surface area contributed by atoms with Gasteiger partial charge in [-0.15, -0.1) is 0 Å². The van der Waals surface area contributed by atoms with Gasteiger partial charge >= 0.3 is 0 Å². The Labute approximate surface area is 230 Å². The zero-order chi connectivity index (χ0) is 28.3. The molecule has 0 spiro atoms. The third kappa shape index (κ3) is 6.07. The number of carbonyl (C=O) groups excluding carboxylic acids is 3. The van der Waals surface area contributed by atoms with Crippen LogP contribution in [0, 0.1) is 20.8 Å². The van der Waals surface area contributed by atoms with Crippen LogP contribution in [0.2, 0.25) is 0 Å². The molecule has 39 heavy (non-hydrogen) atoms. The zero-order valence-corrected chi connectivity index (χ0v) is 23.2. The van der Waals surface area contributed by atoms with E-state index in [9.17, 15) is 14.4 Å². The summed E-state index contributed by atoms with van der Waals surface area (Å²) in [5, 5.41) is 0. The van der Waals surface area contributed by atoms with Gasteiger partial charge in [-0.3, -0.25) is 14.4 Å². The smallest absolute Gasteiger partial charge is 0.258 e. The molecule has 0 aliphatic carbocycles. The first-order chi connectivity index (χ1) is 18.5. The number of rotatable bonds is 6. The molecule has 4 rings (SSSR count). The monoisotopic (exact) mass is 519 g/mol. The van der Waals surface area contributed by atoms with Gasteiger partial charge in [0.1, 0.15) is 0 Å². The third-order valence-corrected chi connectivity index (χ3v) is 6.75. The van der Waals surface area contributed by atoms with Gasteiger partial charge in [-0.05, 0) is 92.1 Å². The van der Waals surface area contributed by atoms with Crippen molar-refractivity contribution in [1.29, 1.82) is 0 Å². The van der Waals surface area contributed by atoms with Crippen LogP contribution in [0.25, 0.3) is 0 Å². The van der Waals surface area contributed by atoms with Crippen molar-refractivity contribution in [1.82, 2.24) is 0 Å². The van der Waals surface area contributed by atoms with E-state index in [0.717, 1.165) is 33.8 Å². The average molecular weight is 520 g/mol. The van der Waals surface area contributed by atoms with Crippen molar-refractivity contribution in [3.63, 3.8) is 0 Å². The normalized spacial score (nSPS) is 10.6. The Morgan fingerprint density at radius 2 is 0.692 bits per heavy atom. The summed E-state index contributed by atoms with van der Waals surface area (Å²) in [6.07, 6.45) is 0. The van der Waals surface area contributed by atoms with Crippen LogP contribution in [-0.2, 0) is 0 Å². The Hall–Kier alpha value is -4.71. The number of benzene rings is 4. The highest BCUT2D eigenvalue weighted by Crippen LogP contribution is 2.24. The molecule has 0 saturated heterocycles. The summed E-state index contributed by atoms with van der Waals surface area (Å²) in [6.45, 7) is 5.88. The fourth-order valence-electron chi connectivity index (χ4n) is 4.44. The summed E-state index contributed by atoms with van der Waals surface area (Å²) < 4.78 is 0. The molecule has 0 atom stereocenters. The molecule has 0 unspecified atom stereocenters. The van der Waals surface area contributed by atoms with Gasteiger partial charge < -0.3 is 14.7 Å². The molecule has 0 fully saturated rings. The summed E-state index contributed by atoms with van der Waals surface area (Å²) in [6, 6.07) is 27.5. The third-order valence-electron chi connectivity index (χ3n) is 6.75. The van der Waals surface area contributed by atoms with Gasteiger partial charge in [-0.2, -0.15) is 0 Å². The maximum atomic E-state index is 13.7. The molecule has 0 aromatic heterocycles. The molecule has 0 heterocycles. The number of carbonyl (C=O) groups is 3. The predicted molar refractivity (Wildman–Crippen MR) is 158 cm³/mol. The van der Waals surface area contributed by atoms with E-state index in [2.05, 4.69) is 0 Å². The standard InChI is InChI=1S/C33H33N3O3/c1-22-10-7-13-28(16-22)34(4)31(37)25-19-26(32(38)35(5)29-14-8-11-23(2)17-29)21-27(20-25)33(39)36(6)30-15-9-12-24(3)18-30/h7-21H,1-6H3. The van der Waals surface area contributed by atoms with Gasteiger partial charge in [0.25, 0.3) is 17.7 Å². The maximum absolute atomic E-state index is 13.7. The summed E-state index contributed by atoms with van der Waals surface area (Å²) >= 11 is 0. The van der Waals surface area contributed by atoms with Crippen molar-refractivity contribution in [2.24, 2.45) is 0 Å². The van der Waals surface area contributed by atoms with Crippen molar-refractivity contribution >= 4 is 34.8 Å². The summed E-state index contributed by atoms with van der Waals surface area (Å²) in [7, 11) is 5.06. The number of hydrogen-bond acceptors (Lipinski definition) is 3. The van der Waals surface area contributed by atoms with Gasteiger partial charge in [-0.25, -0.2) is 0 Å². The second-order valence-corrected chi connectivity index (χ2v) is 9.91. The van der Waals surface area contributed by atoms with E-state index < -0.39 is 0 Å². The molecular formula is C33H33N3O3. The lowest BCUT2D eigenvalue weighted by atomic mass is 10.0. The number of nitrogens with zero attached hydrogens (tertiary/aromatic N) is 3. The molecule has 0 aliphatic heterocycles. The summed E-state index contributed by atoms with van der Waals surface area (Å²) in [4.78, 5) is 45.5. The second-order valence-electron chi connectivity index (χ2n) is 9.91. The zero-order valence-electron chi connectivity index (χ0n) is 23.2. The minimum atomic E-state index is -0.319. The molecule has 4 aromatic carbocycles. The molecular weight excluding hydrogens is 486 g/mol. The van der Waals surface area contributed by atoms with Gasteiger partial charge in [0.2, 0.25) is 0 Å². The highest BCUT2D eigenvalue weighted by molar-refractivity contribution is 6.14. The van der Waals surface area contributed by atoms with Crippen LogP contribution in [-0.4, -0.2) is 38.9 Å². The van der Waals surface area contributed by atoms with Crippen molar-refractivity contribution < 1.29 is 14.4 Å². The van der Waals surface area contributed by atoms with Crippen LogP contribution in [0.15, 0.2) is 91.0 Å². The minimum Gasteiger partial charge on any atom is -0.311 e. The van der Waals surface area contributed by atoms with Crippen LogP contribution in [0.1, 0.15) is 47.8 Å². The molecule has 0 saturated carbocycles. The summed E-state index contributed by atoms with van der Waals surface area (Å²) in [5.74, 6) is -0.956. The van der Waals surface area contributed by atoms with Crippen molar-refractivity contribution in [2.45, 2.75) is 20.8 Å². The van der Waals surface area contributed by atoms with Gasteiger partial charge in [0.05, 0.1) is 0 Å². The van der Waals surface area contributed by atoms with E-state index in [4.69, 9.17) is 0 Å². The lowest BCUT2D eigenvalue weighted by Gasteiger charge is -2.22. The molecule has 0 N–H and O–H groups in total. The topological polar surface area (TPSA) is 60.9 Å². The van der Waals surface area contributed by atoms with E-state index in [1.165, 1.54) is 14.7 Å². The van der Waals surface area contributed by atoms with Crippen molar-refractivity contribution in [3.05, 3.63) is 124 Å².